The maximum Gasteiger partial charge on any atom is 0.347 e. The molecular weight excluding hydrogens is 324 g/mol. The highest BCUT2D eigenvalue weighted by Gasteiger charge is 2.32. The highest BCUT2D eigenvalue weighted by Crippen LogP contribution is 2.18. The van der Waals surface area contributed by atoms with Crippen molar-refractivity contribution in [2.45, 2.75) is 52.4 Å². The molecule has 9 heteroatoms. The number of hydrogen-bond acceptors (Lipinski definition) is 9. The van der Waals surface area contributed by atoms with Crippen molar-refractivity contribution in [2.24, 2.45) is 5.41 Å². The Morgan fingerprint density at radius 3 is 0.917 bits per heavy atom. The maximum atomic E-state index is 9.66. The van der Waals surface area contributed by atoms with Crippen molar-refractivity contribution in [3.8, 4) is 0 Å². The summed E-state index contributed by atoms with van der Waals surface area (Å²) in [7, 11) is 0. The van der Waals surface area contributed by atoms with Crippen LogP contribution in [0.2, 0.25) is 0 Å². The van der Waals surface area contributed by atoms with Crippen molar-refractivity contribution in [3.05, 3.63) is 0 Å². The molecule has 140 valence electrons. The number of rotatable bonds is 4. The van der Waals surface area contributed by atoms with Gasteiger partial charge in [0.25, 0.3) is 0 Å². The van der Waals surface area contributed by atoms with Crippen LogP contribution in [0.25, 0.3) is 0 Å². The molecular formula is C15H26O9. The zero-order valence-electron chi connectivity index (χ0n) is 14.4. The van der Waals surface area contributed by atoms with Crippen molar-refractivity contribution in [1.29, 1.82) is 0 Å². The quantitative estimate of drug-likeness (QED) is 0.435. The number of hydrogen-bond donors (Lipinski definition) is 3. The lowest BCUT2D eigenvalue weighted by molar-refractivity contribution is -0.118. The minimum Gasteiger partial charge on any atom is -0.448 e. The minimum absolute atomic E-state index is 0.0787. The van der Waals surface area contributed by atoms with Crippen molar-refractivity contribution >= 4 is 17.9 Å². The van der Waals surface area contributed by atoms with E-state index in [1.54, 1.807) is 20.8 Å². The van der Waals surface area contributed by atoms with Crippen LogP contribution in [0, 0.1) is 5.41 Å². The van der Waals surface area contributed by atoms with E-state index in [0.29, 0.717) is 6.42 Å². The third-order valence-electron chi connectivity index (χ3n) is 3.46. The molecule has 0 amide bonds. The Hall–Kier alpha value is -1.71. The van der Waals surface area contributed by atoms with Gasteiger partial charge in [-0.3, -0.25) is 0 Å². The van der Waals surface area contributed by atoms with Gasteiger partial charge in [-0.1, -0.05) is 6.92 Å². The van der Waals surface area contributed by atoms with E-state index >= 15 is 0 Å². The van der Waals surface area contributed by atoms with Crippen LogP contribution < -0.4 is 0 Å². The van der Waals surface area contributed by atoms with Gasteiger partial charge in [-0.05, 0) is 27.2 Å². The van der Waals surface area contributed by atoms with Crippen molar-refractivity contribution in [3.63, 3.8) is 0 Å². The van der Waals surface area contributed by atoms with Crippen molar-refractivity contribution in [1.82, 2.24) is 0 Å². The second kappa shape index (κ2) is 10.2. The smallest absolute Gasteiger partial charge is 0.347 e. The molecule has 3 rings (SSSR count). The van der Waals surface area contributed by atoms with Gasteiger partial charge in [-0.25, -0.2) is 14.4 Å². The summed E-state index contributed by atoms with van der Waals surface area (Å²) in [6, 6.07) is 0. The Balaban J connectivity index is 0.000000304. The fraction of sp³-hybridized carbons (Fsp3) is 0.800. The van der Waals surface area contributed by atoms with E-state index < -0.39 is 5.41 Å². The van der Waals surface area contributed by atoms with E-state index in [4.69, 9.17) is 15.3 Å². The molecule has 3 fully saturated rings. The van der Waals surface area contributed by atoms with Gasteiger partial charge in [0.2, 0.25) is 0 Å². The van der Waals surface area contributed by atoms with Gasteiger partial charge in [0.1, 0.15) is 0 Å². The highest BCUT2D eigenvalue weighted by atomic mass is 16.6. The molecule has 24 heavy (non-hydrogen) atoms. The van der Waals surface area contributed by atoms with Gasteiger partial charge in [-0.15, -0.1) is 0 Å². The molecule has 0 aromatic carbocycles. The Morgan fingerprint density at radius 1 is 0.750 bits per heavy atom. The van der Waals surface area contributed by atoms with Gasteiger partial charge in [0, 0.05) is 5.41 Å². The standard InChI is InChI=1S/C6H14O3.3C3H4O2/c1-2-6(3-7,4-8)5-9;3*1-2-3(4)5-2/h7-9H,2-5H2,1H3;3*2H,1H3. The van der Waals surface area contributed by atoms with Crippen LogP contribution in [0.4, 0.5) is 0 Å². The molecule has 0 saturated carbocycles. The normalized spacial score (nSPS) is 25.1. The lowest BCUT2D eigenvalue weighted by Gasteiger charge is -2.24. The molecule has 3 unspecified atom stereocenters. The molecule has 0 radical (unpaired) electrons. The molecule has 3 atom stereocenters. The molecule has 3 N–H and O–H groups in total. The van der Waals surface area contributed by atoms with E-state index in [1.165, 1.54) is 0 Å². The number of aliphatic hydroxyl groups excluding tert-OH is 3. The number of carbonyl (C=O) groups is 3. The summed E-state index contributed by atoms with van der Waals surface area (Å²) in [5, 5.41) is 26.0. The number of cyclic esters (lactones) is 3. The van der Waals surface area contributed by atoms with Gasteiger partial charge < -0.3 is 29.5 Å². The monoisotopic (exact) mass is 350 g/mol. The van der Waals surface area contributed by atoms with Gasteiger partial charge in [0.15, 0.2) is 18.3 Å². The predicted molar refractivity (Wildman–Crippen MR) is 80.6 cm³/mol. The molecule has 3 aliphatic heterocycles. The summed E-state index contributed by atoms with van der Waals surface area (Å²) in [6.45, 7) is 6.53. The van der Waals surface area contributed by atoms with Gasteiger partial charge >= 0.3 is 17.9 Å². The Bertz CT molecular complexity index is 366. The maximum absolute atomic E-state index is 9.66. The molecule has 0 bridgehead atoms. The van der Waals surface area contributed by atoms with Crippen molar-refractivity contribution < 1.29 is 43.9 Å². The summed E-state index contributed by atoms with van der Waals surface area (Å²) in [5.74, 6) is -0.236. The molecule has 0 aromatic rings. The van der Waals surface area contributed by atoms with Crippen LogP contribution in [-0.2, 0) is 28.6 Å². The van der Waals surface area contributed by atoms with Crippen LogP contribution in [0.3, 0.4) is 0 Å². The Morgan fingerprint density at radius 2 is 0.917 bits per heavy atom. The predicted octanol–water partition coefficient (Wildman–Crippen LogP) is -0.845. The summed E-state index contributed by atoms with van der Waals surface area (Å²) < 4.78 is 12.8. The third kappa shape index (κ3) is 9.43. The second-order valence-electron chi connectivity index (χ2n) is 5.57. The highest BCUT2D eigenvalue weighted by molar-refractivity contribution is 5.87. The zero-order valence-corrected chi connectivity index (χ0v) is 14.4. The summed E-state index contributed by atoms with van der Waals surface area (Å²) in [6.07, 6.45) is 0.330. The van der Waals surface area contributed by atoms with Gasteiger partial charge in [-0.2, -0.15) is 0 Å². The van der Waals surface area contributed by atoms with E-state index in [9.17, 15) is 14.4 Å². The first-order valence-electron chi connectivity index (χ1n) is 7.60. The first-order valence-corrected chi connectivity index (χ1v) is 7.60. The summed E-state index contributed by atoms with van der Waals surface area (Å²) in [5.41, 5.74) is -0.667. The molecule has 0 aliphatic carbocycles. The SMILES string of the molecule is CC1OC1=O.CC1OC1=O.CC1OC1=O.CCC(CO)(CO)CO. The molecule has 0 spiro atoms. The van der Waals surface area contributed by atoms with Crippen LogP contribution >= 0.6 is 0 Å². The molecule has 3 aliphatic rings. The number of carbonyl (C=O) groups excluding carboxylic acids is 3. The van der Waals surface area contributed by atoms with E-state index in [1.807, 2.05) is 6.92 Å². The van der Waals surface area contributed by atoms with E-state index in [0.717, 1.165) is 0 Å². The summed E-state index contributed by atoms with van der Waals surface area (Å²) >= 11 is 0. The Kier molecular flexibility index (Phi) is 9.49. The number of epoxide rings is 3. The van der Waals surface area contributed by atoms with Crippen LogP contribution in [0.1, 0.15) is 34.1 Å². The molecule has 0 aromatic heterocycles. The topological polar surface area (TPSA) is 149 Å². The zero-order chi connectivity index (χ0) is 18.9. The number of aliphatic hydroxyl groups is 3. The fourth-order valence-electron chi connectivity index (χ4n) is 0.906. The van der Waals surface area contributed by atoms with E-state index in [2.05, 4.69) is 14.2 Å². The second-order valence-corrected chi connectivity index (χ2v) is 5.57. The van der Waals surface area contributed by atoms with Crippen molar-refractivity contribution in [2.75, 3.05) is 19.8 Å². The first-order chi connectivity index (χ1) is 11.2. The van der Waals surface area contributed by atoms with Gasteiger partial charge in [0.05, 0.1) is 19.8 Å². The lowest BCUT2D eigenvalue weighted by Crippen LogP contribution is -2.32. The third-order valence-corrected chi connectivity index (χ3v) is 3.46. The average Bonchev–Trinajstić information content (AvgIpc) is 3.51. The largest absolute Gasteiger partial charge is 0.448 e. The number of ether oxygens (including phenoxy) is 3. The molecule has 9 nitrogen and oxygen atoms in total. The minimum atomic E-state index is -0.667. The fourth-order valence-corrected chi connectivity index (χ4v) is 0.906. The lowest BCUT2D eigenvalue weighted by atomic mass is 9.88. The molecule has 3 heterocycles. The van der Waals surface area contributed by atoms with Crippen LogP contribution in [0.5, 0.6) is 0 Å². The first kappa shape index (κ1) is 22.3. The molecule has 3 saturated heterocycles. The van der Waals surface area contributed by atoms with E-state index in [-0.39, 0.29) is 56.0 Å². The summed E-state index contributed by atoms with van der Waals surface area (Å²) in [4.78, 5) is 29.0. The Labute approximate surface area is 140 Å². The average molecular weight is 350 g/mol. The van der Waals surface area contributed by atoms with Crippen LogP contribution in [0.15, 0.2) is 0 Å². The van der Waals surface area contributed by atoms with Crippen LogP contribution in [-0.4, -0.2) is 71.4 Å².